The van der Waals surface area contributed by atoms with Gasteiger partial charge < -0.3 is 9.84 Å². The van der Waals surface area contributed by atoms with Crippen molar-refractivity contribution in [1.82, 2.24) is 0 Å². The van der Waals surface area contributed by atoms with E-state index in [2.05, 4.69) is 11.3 Å². The molecule has 0 heterocycles. The zero-order valence-electron chi connectivity index (χ0n) is 11.3. The second-order valence-corrected chi connectivity index (χ2v) is 4.77. The van der Waals surface area contributed by atoms with Gasteiger partial charge in [-0.25, -0.2) is 4.79 Å². The van der Waals surface area contributed by atoms with Crippen molar-refractivity contribution in [2.75, 3.05) is 0 Å². The van der Waals surface area contributed by atoms with Crippen LogP contribution in [-0.4, -0.2) is 35.2 Å². The lowest BCUT2D eigenvalue weighted by molar-refractivity contribution is -0.291. The number of carbonyl (C=O) groups is 2. The summed E-state index contributed by atoms with van der Waals surface area (Å²) < 4.78 is 66.9. The molecule has 0 aliphatic heterocycles. The van der Waals surface area contributed by atoms with Gasteiger partial charge in [-0.05, 0) is 5.92 Å². The van der Waals surface area contributed by atoms with Crippen LogP contribution in [0.3, 0.4) is 0 Å². The van der Waals surface area contributed by atoms with Crippen LogP contribution >= 0.6 is 0 Å². The highest BCUT2D eigenvalue weighted by Crippen LogP contribution is 2.40. The highest BCUT2D eigenvalue weighted by Gasteiger charge is 2.58. The lowest BCUT2D eigenvalue weighted by Gasteiger charge is -2.27. The van der Waals surface area contributed by atoms with Crippen LogP contribution in [-0.2, 0) is 14.3 Å². The van der Waals surface area contributed by atoms with Crippen molar-refractivity contribution in [3.05, 3.63) is 12.2 Å². The predicted octanol–water partition coefficient (Wildman–Crippen LogP) is 3.17. The van der Waals surface area contributed by atoms with Crippen LogP contribution in [0.4, 0.5) is 22.0 Å². The van der Waals surface area contributed by atoms with E-state index in [1.165, 1.54) is 13.8 Å². The maximum absolute atomic E-state index is 13.0. The summed E-state index contributed by atoms with van der Waals surface area (Å²) in [6.07, 6.45) is -10.0. The largest absolute Gasteiger partial charge is 0.481 e. The molecule has 0 aromatic carbocycles. The van der Waals surface area contributed by atoms with Gasteiger partial charge in [0.15, 0.2) is 0 Å². The predicted molar refractivity (Wildman–Crippen MR) is 61.7 cm³/mol. The number of hydrogen-bond acceptors (Lipinski definition) is 3. The third-order valence-corrected chi connectivity index (χ3v) is 2.53. The number of halogens is 5. The molecule has 4 nitrogen and oxygen atoms in total. The minimum Gasteiger partial charge on any atom is -0.481 e. The second kappa shape index (κ2) is 6.86. The van der Waals surface area contributed by atoms with E-state index in [0.29, 0.717) is 0 Å². The molecule has 122 valence electrons. The molecule has 21 heavy (non-hydrogen) atoms. The number of ether oxygens (including phenoxy) is 1. The molecule has 0 saturated heterocycles. The summed E-state index contributed by atoms with van der Waals surface area (Å²) in [6, 6.07) is 0. The Morgan fingerprint density at radius 3 is 2.00 bits per heavy atom. The molecule has 0 aliphatic carbocycles. The van der Waals surface area contributed by atoms with Gasteiger partial charge in [0.25, 0.3) is 0 Å². The van der Waals surface area contributed by atoms with Gasteiger partial charge in [-0.2, -0.15) is 22.0 Å². The van der Waals surface area contributed by atoms with Crippen LogP contribution in [0.5, 0.6) is 0 Å². The zero-order chi connectivity index (χ0) is 17.0. The maximum atomic E-state index is 13.0. The number of hydrogen-bond donors (Lipinski definition) is 1. The molecular formula is C12H15F5O4. The molecule has 1 unspecified atom stereocenters. The molecule has 1 atom stereocenters. The molecule has 0 aromatic rings. The fourth-order valence-corrected chi connectivity index (χ4v) is 1.26. The van der Waals surface area contributed by atoms with Crippen LogP contribution in [0.25, 0.3) is 0 Å². The summed E-state index contributed by atoms with van der Waals surface area (Å²) in [5.41, 5.74) is -0.538. The standard InChI is InChI=1S/C12H15F5O4/c1-6(2)8(5-11(13,14)12(15,16)17)21-10(20)7(3)4-9(18)19/h6,8H,3-5H2,1-2H3,(H,18,19). The number of rotatable bonds is 7. The monoisotopic (exact) mass is 318 g/mol. The summed E-state index contributed by atoms with van der Waals surface area (Å²) >= 11 is 0. The molecule has 0 saturated carbocycles. The molecular weight excluding hydrogens is 303 g/mol. The first-order chi connectivity index (χ1) is 9.28. The zero-order valence-corrected chi connectivity index (χ0v) is 11.3. The normalized spacial score (nSPS) is 13.9. The number of carboxylic acid groups (broad SMARTS) is 1. The lowest BCUT2D eigenvalue weighted by Crippen LogP contribution is -2.42. The quantitative estimate of drug-likeness (QED) is 0.445. The van der Waals surface area contributed by atoms with Crippen LogP contribution in [0.2, 0.25) is 0 Å². The van der Waals surface area contributed by atoms with E-state index >= 15 is 0 Å². The molecule has 9 heteroatoms. The number of alkyl halides is 5. The first-order valence-corrected chi connectivity index (χ1v) is 5.83. The van der Waals surface area contributed by atoms with Gasteiger partial charge >= 0.3 is 24.0 Å². The molecule has 0 aromatic heterocycles. The third kappa shape index (κ3) is 6.09. The Hall–Kier alpha value is -1.67. The van der Waals surface area contributed by atoms with Crippen molar-refractivity contribution >= 4 is 11.9 Å². The molecule has 0 aliphatic rings. The Morgan fingerprint density at radius 1 is 1.19 bits per heavy atom. The molecule has 0 amide bonds. The SMILES string of the molecule is C=C(CC(=O)O)C(=O)OC(CC(F)(F)C(F)(F)F)C(C)C. The number of carboxylic acids is 1. The van der Waals surface area contributed by atoms with E-state index < -0.39 is 54.5 Å². The van der Waals surface area contributed by atoms with Gasteiger partial charge in [-0.3, -0.25) is 4.79 Å². The number of esters is 1. The van der Waals surface area contributed by atoms with Crippen molar-refractivity contribution in [3.63, 3.8) is 0 Å². The van der Waals surface area contributed by atoms with Gasteiger partial charge in [-0.1, -0.05) is 20.4 Å². The molecule has 0 spiro atoms. The topological polar surface area (TPSA) is 63.6 Å². The highest BCUT2D eigenvalue weighted by atomic mass is 19.4. The van der Waals surface area contributed by atoms with E-state index in [9.17, 15) is 31.5 Å². The van der Waals surface area contributed by atoms with Gasteiger partial charge in [0.2, 0.25) is 0 Å². The van der Waals surface area contributed by atoms with Gasteiger partial charge in [-0.15, -0.1) is 0 Å². The summed E-state index contributed by atoms with van der Waals surface area (Å²) in [4.78, 5) is 21.8. The van der Waals surface area contributed by atoms with Crippen molar-refractivity contribution in [2.45, 2.75) is 44.9 Å². The van der Waals surface area contributed by atoms with Gasteiger partial charge in [0, 0.05) is 5.57 Å². The minimum atomic E-state index is -5.76. The van der Waals surface area contributed by atoms with E-state index in [1.807, 2.05) is 0 Å². The first kappa shape index (κ1) is 19.3. The van der Waals surface area contributed by atoms with Gasteiger partial charge in [0.1, 0.15) is 6.10 Å². The summed E-state index contributed by atoms with van der Waals surface area (Å²) in [5.74, 6) is -8.55. The summed E-state index contributed by atoms with van der Waals surface area (Å²) in [5, 5.41) is 8.43. The molecule has 0 fully saturated rings. The lowest BCUT2D eigenvalue weighted by atomic mass is 9.99. The Bertz CT molecular complexity index is 414. The summed E-state index contributed by atoms with van der Waals surface area (Å²) in [6.45, 7) is 5.68. The van der Waals surface area contributed by atoms with E-state index in [1.54, 1.807) is 0 Å². The van der Waals surface area contributed by atoms with E-state index in [0.717, 1.165) is 0 Å². The second-order valence-electron chi connectivity index (χ2n) is 4.77. The fraction of sp³-hybridized carbons (Fsp3) is 0.667. The van der Waals surface area contributed by atoms with Crippen LogP contribution in [0.1, 0.15) is 26.7 Å². The fourth-order valence-electron chi connectivity index (χ4n) is 1.26. The van der Waals surface area contributed by atoms with Crippen molar-refractivity contribution in [1.29, 1.82) is 0 Å². The van der Waals surface area contributed by atoms with Crippen molar-refractivity contribution in [3.8, 4) is 0 Å². The molecule has 0 bridgehead atoms. The van der Waals surface area contributed by atoms with Crippen LogP contribution in [0, 0.1) is 5.92 Å². The maximum Gasteiger partial charge on any atom is 0.453 e. The first-order valence-electron chi connectivity index (χ1n) is 5.83. The summed E-state index contributed by atoms with van der Waals surface area (Å²) in [7, 11) is 0. The Kier molecular flexibility index (Phi) is 6.31. The molecule has 0 radical (unpaired) electrons. The Labute approximate surface area is 117 Å². The average molecular weight is 318 g/mol. The van der Waals surface area contributed by atoms with Crippen molar-refractivity contribution < 1.29 is 41.4 Å². The highest BCUT2D eigenvalue weighted by molar-refractivity contribution is 5.92. The average Bonchev–Trinajstić information content (AvgIpc) is 2.24. The van der Waals surface area contributed by atoms with E-state index in [-0.39, 0.29) is 0 Å². The van der Waals surface area contributed by atoms with Gasteiger partial charge in [0.05, 0.1) is 12.8 Å². The Balaban J connectivity index is 4.91. The van der Waals surface area contributed by atoms with Crippen molar-refractivity contribution in [2.24, 2.45) is 5.92 Å². The Morgan fingerprint density at radius 2 is 1.67 bits per heavy atom. The smallest absolute Gasteiger partial charge is 0.453 e. The van der Waals surface area contributed by atoms with E-state index in [4.69, 9.17) is 5.11 Å². The minimum absolute atomic E-state index is 0.538. The van der Waals surface area contributed by atoms with Crippen LogP contribution < -0.4 is 0 Å². The molecule has 1 N–H and O–H groups in total. The molecule has 0 rings (SSSR count). The number of aliphatic carboxylic acids is 1. The van der Waals surface area contributed by atoms with Crippen LogP contribution in [0.15, 0.2) is 12.2 Å². The number of carbonyl (C=O) groups excluding carboxylic acids is 1. The third-order valence-electron chi connectivity index (χ3n) is 2.53.